The molecule has 0 bridgehead atoms. The second kappa shape index (κ2) is 9.52. The summed E-state index contributed by atoms with van der Waals surface area (Å²) in [6.07, 6.45) is 1.53. The molecular weight excluding hydrogens is 340 g/mol. The number of nitrogens with one attached hydrogen (secondary N) is 2. The lowest BCUT2D eigenvalue weighted by Crippen LogP contribution is -2.37. The van der Waals surface area contributed by atoms with Gasteiger partial charge in [0.15, 0.2) is 0 Å². The van der Waals surface area contributed by atoms with Gasteiger partial charge in [-0.15, -0.1) is 10.2 Å². The number of aryl methyl sites for hydroxylation is 1. The molecule has 0 aliphatic carbocycles. The van der Waals surface area contributed by atoms with Crippen LogP contribution in [0.25, 0.3) is 0 Å². The van der Waals surface area contributed by atoms with Crippen molar-refractivity contribution in [1.29, 1.82) is 0 Å². The Morgan fingerprint density at radius 1 is 0.963 bits per heavy atom. The number of carbonyl (C=O) groups excluding carboxylic acids is 1. The summed E-state index contributed by atoms with van der Waals surface area (Å²) in [5, 5.41) is 13.5. The molecule has 0 saturated heterocycles. The normalized spacial score (nSPS) is 11.7. The van der Waals surface area contributed by atoms with E-state index in [4.69, 9.17) is 4.42 Å². The van der Waals surface area contributed by atoms with Crippen LogP contribution in [0.3, 0.4) is 0 Å². The second-order valence-corrected chi connectivity index (χ2v) is 6.30. The molecule has 0 saturated carbocycles. The summed E-state index contributed by atoms with van der Waals surface area (Å²) in [7, 11) is 0. The number of rotatable bonds is 8. The van der Waals surface area contributed by atoms with Gasteiger partial charge < -0.3 is 15.1 Å². The van der Waals surface area contributed by atoms with E-state index in [1.165, 1.54) is 11.1 Å². The predicted octanol–water partition coefficient (Wildman–Crippen LogP) is 3.46. The van der Waals surface area contributed by atoms with Gasteiger partial charge in [-0.05, 0) is 17.5 Å². The maximum atomic E-state index is 12.2. The van der Waals surface area contributed by atoms with Gasteiger partial charge in [-0.3, -0.25) is 0 Å². The average Bonchev–Trinajstić information content (AvgIpc) is 3.19. The van der Waals surface area contributed by atoms with Crippen molar-refractivity contribution < 1.29 is 9.21 Å². The van der Waals surface area contributed by atoms with Gasteiger partial charge in [0.1, 0.15) is 0 Å². The first kappa shape index (κ1) is 18.6. The van der Waals surface area contributed by atoms with Crippen molar-refractivity contribution in [3.63, 3.8) is 0 Å². The Hall–Kier alpha value is -3.15. The minimum Gasteiger partial charge on any atom is -0.423 e. The summed E-state index contributed by atoms with van der Waals surface area (Å²) in [6, 6.07) is 20.3. The third-order valence-corrected chi connectivity index (χ3v) is 4.32. The molecule has 140 valence electrons. The Morgan fingerprint density at radius 3 is 2.30 bits per heavy atom. The van der Waals surface area contributed by atoms with Crippen molar-refractivity contribution in [3.05, 3.63) is 83.6 Å². The highest BCUT2D eigenvalue weighted by Gasteiger charge is 2.14. The molecule has 0 aliphatic rings. The van der Waals surface area contributed by atoms with Crippen molar-refractivity contribution >= 4 is 6.03 Å². The third kappa shape index (κ3) is 5.67. The number of aromatic nitrogens is 2. The van der Waals surface area contributed by atoms with Crippen molar-refractivity contribution in [2.45, 2.75) is 32.2 Å². The molecule has 3 aromatic rings. The van der Waals surface area contributed by atoms with Crippen molar-refractivity contribution in [3.8, 4) is 0 Å². The van der Waals surface area contributed by atoms with Crippen LogP contribution in [-0.4, -0.2) is 22.8 Å². The zero-order valence-electron chi connectivity index (χ0n) is 15.4. The monoisotopic (exact) mass is 364 g/mol. The van der Waals surface area contributed by atoms with Crippen molar-refractivity contribution in [2.24, 2.45) is 0 Å². The number of benzene rings is 2. The van der Waals surface area contributed by atoms with Crippen molar-refractivity contribution in [2.75, 3.05) is 6.54 Å². The zero-order valence-corrected chi connectivity index (χ0v) is 15.4. The standard InChI is InChI=1S/C21H24N4O2/c1-2-19-24-25-20(27-19)15-23-21(26)22-14-18(17-11-7-4-8-12-17)13-16-9-5-3-6-10-16/h3-12,18H,2,13-15H2,1H3,(H2,22,23,26). The minimum atomic E-state index is -0.250. The van der Waals surface area contributed by atoms with E-state index in [-0.39, 0.29) is 18.5 Å². The maximum Gasteiger partial charge on any atom is 0.315 e. The van der Waals surface area contributed by atoms with Gasteiger partial charge in [-0.2, -0.15) is 0 Å². The Kier molecular flexibility index (Phi) is 6.57. The van der Waals surface area contributed by atoms with E-state index in [1.54, 1.807) is 0 Å². The Bertz CT molecular complexity index is 834. The zero-order chi connectivity index (χ0) is 18.9. The number of hydrogen-bond donors (Lipinski definition) is 2. The summed E-state index contributed by atoms with van der Waals surface area (Å²) in [6.45, 7) is 2.69. The molecule has 0 radical (unpaired) electrons. The SMILES string of the molecule is CCc1nnc(CNC(=O)NCC(Cc2ccccc2)c2ccccc2)o1. The molecule has 2 N–H and O–H groups in total. The number of urea groups is 1. The fourth-order valence-corrected chi connectivity index (χ4v) is 2.87. The smallest absolute Gasteiger partial charge is 0.315 e. The maximum absolute atomic E-state index is 12.2. The molecule has 2 aromatic carbocycles. The molecule has 1 aromatic heterocycles. The van der Waals surface area contributed by atoms with E-state index < -0.39 is 0 Å². The number of hydrogen-bond acceptors (Lipinski definition) is 4. The highest BCUT2D eigenvalue weighted by Crippen LogP contribution is 2.20. The predicted molar refractivity (Wildman–Crippen MR) is 103 cm³/mol. The van der Waals surface area contributed by atoms with Gasteiger partial charge in [0, 0.05) is 18.9 Å². The number of amides is 2. The molecule has 6 nitrogen and oxygen atoms in total. The highest BCUT2D eigenvalue weighted by atomic mass is 16.4. The minimum absolute atomic E-state index is 0.189. The van der Waals surface area contributed by atoms with Crippen LogP contribution < -0.4 is 10.6 Å². The largest absolute Gasteiger partial charge is 0.423 e. The van der Waals surface area contributed by atoms with E-state index in [1.807, 2.05) is 43.3 Å². The summed E-state index contributed by atoms with van der Waals surface area (Å²) in [4.78, 5) is 12.2. The first-order valence-electron chi connectivity index (χ1n) is 9.16. The fourth-order valence-electron chi connectivity index (χ4n) is 2.87. The molecule has 1 atom stereocenters. The number of nitrogens with zero attached hydrogens (tertiary/aromatic N) is 2. The molecule has 1 heterocycles. The van der Waals surface area contributed by atoms with Gasteiger partial charge in [0.2, 0.25) is 11.8 Å². The van der Waals surface area contributed by atoms with Gasteiger partial charge in [-0.1, -0.05) is 67.6 Å². The van der Waals surface area contributed by atoms with E-state index in [0.29, 0.717) is 24.7 Å². The summed E-state index contributed by atoms with van der Waals surface area (Å²) < 4.78 is 5.39. The molecule has 6 heteroatoms. The van der Waals surface area contributed by atoms with Gasteiger partial charge in [-0.25, -0.2) is 4.79 Å². The average molecular weight is 364 g/mol. The van der Waals surface area contributed by atoms with Crippen LogP contribution in [0, 0.1) is 0 Å². The number of carbonyl (C=O) groups is 1. The lowest BCUT2D eigenvalue weighted by molar-refractivity contribution is 0.238. The Morgan fingerprint density at radius 2 is 1.63 bits per heavy atom. The molecule has 0 fully saturated rings. The quantitative estimate of drug-likeness (QED) is 0.641. The van der Waals surface area contributed by atoms with Crippen LogP contribution in [0.15, 0.2) is 65.1 Å². The fraction of sp³-hybridized carbons (Fsp3) is 0.286. The van der Waals surface area contributed by atoms with Crippen LogP contribution >= 0.6 is 0 Å². The van der Waals surface area contributed by atoms with Crippen LogP contribution in [0.1, 0.15) is 35.7 Å². The Balaban J connectivity index is 1.56. The topological polar surface area (TPSA) is 80.0 Å². The van der Waals surface area contributed by atoms with Crippen molar-refractivity contribution in [1.82, 2.24) is 20.8 Å². The lowest BCUT2D eigenvalue weighted by atomic mass is 9.92. The van der Waals surface area contributed by atoms with Gasteiger partial charge >= 0.3 is 6.03 Å². The summed E-state index contributed by atoms with van der Waals surface area (Å²) >= 11 is 0. The third-order valence-electron chi connectivity index (χ3n) is 4.32. The van der Waals surface area contributed by atoms with E-state index in [2.05, 4.69) is 45.1 Å². The van der Waals surface area contributed by atoms with Gasteiger partial charge in [0.05, 0.1) is 6.54 Å². The molecule has 27 heavy (non-hydrogen) atoms. The molecule has 0 aliphatic heterocycles. The first-order valence-corrected chi connectivity index (χ1v) is 9.16. The van der Waals surface area contributed by atoms with Crippen LogP contribution in [0.5, 0.6) is 0 Å². The van der Waals surface area contributed by atoms with Crippen LogP contribution in [0.4, 0.5) is 4.79 Å². The molecule has 3 rings (SSSR count). The highest BCUT2D eigenvalue weighted by molar-refractivity contribution is 5.73. The first-order chi connectivity index (χ1) is 13.2. The van der Waals surface area contributed by atoms with Gasteiger partial charge in [0.25, 0.3) is 0 Å². The lowest BCUT2D eigenvalue weighted by Gasteiger charge is -2.18. The second-order valence-electron chi connectivity index (χ2n) is 6.30. The van der Waals surface area contributed by atoms with E-state index in [0.717, 1.165) is 6.42 Å². The van der Waals surface area contributed by atoms with E-state index >= 15 is 0 Å². The van der Waals surface area contributed by atoms with E-state index in [9.17, 15) is 4.79 Å². The van der Waals surface area contributed by atoms with Crippen LogP contribution in [0.2, 0.25) is 0 Å². The Labute approximate surface area is 159 Å². The molecular formula is C21H24N4O2. The summed E-state index contributed by atoms with van der Waals surface area (Å²) in [5.41, 5.74) is 2.44. The molecule has 1 unspecified atom stereocenters. The molecule has 0 spiro atoms. The molecule has 2 amide bonds. The van der Waals surface area contributed by atoms with Crippen LogP contribution in [-0.2, 0) is 19.4 Å². The summed E-state index contributed by atoms with van der Waals surface area (Å²) in [5.74, 6) is 1.17.